The number of amides is 1. The number of carbonyl (C=O) groups is 2. The van der Waals surface area contributed by atoms with Crippen molar-refractivity contribution < 1.29 is 23.5 Å². The smallest absolute Gasteiger partial charge is 0.412 e. The largest absolute Gasteiger partial charge is 0.463 e. The molecule has 1 saturated heterocycles. The van der Waals surface area contributed by atoms with Crippen molar-refractivity contribution in [2.45, 2.75) is 26.6 Å². The van der Waals surface area contributed by atoms with Gasteiger partial charge in [-0.3, -0.25) is 0 Å². The molecule has 0 aromatic rings. The molecule has 0 spiro atoms. The highest BCUT2D eigenvalue weighted by molar-refractivity contribution is 5.82. The molecule has 0 aliphatic carbocycles. The van der Waals surface area contributed by atoms with Gasteiger partial charge in [0.1, 0.15) is 0 Å². The molecule has 0 aromatic heterocycles. The zero-order chi connectivity index (χ0) is 13.8. The Morgan fingerprint density at radius 2 is 2.06 bits per heavy atom. The molecule has 0 aromatic carbocycles. The maximum atomic E-state index is 13.1. The molecule has 1 aliphatic heterocycles. The molecule has 5 nitrogen and oxygen atoms in total. The van der Waals surface area contributed by atoms with Gasteiger partial charge in [0.05, 0.1) is 6.61 Å². The van der Waals surface area contributed by atoms with Gasteiger partial charge in [0.25, 0.3) is 0 Å². The van der Waals surface area contributed by atoms with E-state index in [4.69, 9.17) is 4.74 Å². The average Bonchev–Trinajstić information content (AvgIpc) is 2.12. The Kier molecular flexibility index (Phi) is 4.69. The van der Waals surface area contributed by atoms with Crippen molar-refractivity contribution in [3.8, 4) is 0 Å². The van der Waals surface area contributed by atoms with E-state index < -0.39 is 17.9 Å². The molecule has 0 unspecified atom stereocenters. The first-order valence-corrected chi connectivity index (χ1v) is 5.83. The van der Waals surface area contributed by atoms with E-state index in [0.717, 1.165) is 0 Å². The lowest BCUT2D eigenvalue weighted by molar-refractivity contribution is -0.137. The van der Waals surface area contributed by atoms with Crippen LogP contribution in [0.4, 0.5) is 9.18 Å². The van der Waals surface area contributed by atoms with Gasteiger partial charge in [-0.1, -0.05) is 6.08 Å². The second kappa shape index (κ2) is 5.84. The van der Waals surface area contributed by atoms with Crippen molar-refractivity contribution in [3.63, 3.8) is 0 Å². The molecular weight excluding hydrogens is 241 g/mol. The van der Waals surface area contributed by atoms with Crippen LogP contribution in [0.15, 0.2) is 12.2 Å². The zero-order valence-corrected chi connectivity index (χ0v) is 10.8. The van der Waals surface area contributed by atoms with E-state index in [-0.39, 0.29) is 5.92 Å². The number of hydrogen-bond donors (Lipinski definition) is 0. The fraction of sp³-hybridized carbons (Fsp3) is 0.667. The zero-order valence-electron chi connectivity index (χ0n) is 10.8. The van der Waals surface area contributed by atoms with Crippen LogP contribution in [0.3, 0.4) is 0 Å². The predicted octanol–water partition coefficient (Wildman–Crippen LogP) is 1.88. The molecule has 0 bridgehead atoms. The quantitative estimate of drug-likeness (QED) is 0.571. The SMILES string of the molecule is CCOC(=O)/C=C/C1CN(C(=O)OC(C)(C)F)C1. The Bertz CT molecular complexity index is 342. The maximum absolute atomic E-state index is 13.1. The first-order chi connectivity index (χ1) is 8.31. The van der Waals surface area contributed by atoms with Crippen LogP contribution >= 0.6 is 0 Å². The number of esters is 1. The van der Waals surface area contributed by atoms with Gasteiger partial charge in [-0.2, -0.15) is 4.39 Å². The number of nitrogens with zero attached hydrogens (tertiary/aromatic N) is 1. The average molecular weight is 259 g/mol. The van der Waals surface area contributed by atoms with Gasteiger partial charge < -0.3 is 14.4 Å². The van der Waals surface area contributed by atoms with Crippen LogP contribution in [0, 0.1) is 5.92 Å². The highest BCUT2D eigenvalue weighted by Crippen LogP contribution is 2.21. The maximum Gasteiger partial charge on any atom is 0.412 e. The van der Waals surface area contributed by atoms with Gasteiger partial charge in [0.2, 0.25) is 5.85 Å². The number of alkyl halides is 1. The first kappa shape index (κ1) is 14.5. The van der Waals surface area contributed by atoms with E-state index in [1.165, 1.54) is 24.8 Å². The van der Waals surface area contributed by atoms with Gasteiger partial charge in [-0.15, -0.1) is 0 Å². The highest BCUT2D eigenvalue weighted by atomic mass is 19.2. The minimum Gasteiger partial charge on any atom is -0.463 e. The van der Waals surface area contributed by atoms with Crippen molar-refractivity contribution in [2.75, 3.05) is 19.7 Å². The summed E-state index contributed by atoms with van der Waals surface area (Å²) in [5.74, 6) is -2.28. The molecule has 1 amide bonds. The molecule has 1 heterocycles. The van der Waals surface area contributed by atoms with Crippen molar-refractivity contribution in [3.05, 3.63) is 12.2 Å². The van der Waals surface area contributed by atoms with Gasteiger partial charge in [-0.25, -0.2) is 9.59 Å². The Hall–Kier alpha value is -1.59. The standard InChI is InChI=1S/C12H18FNO4/c1-4-17-10(15)6-5-9-7-14(8-9)11(16)18-12(2,3)13/h5-6,9H,4,7-8H2,1-3H3/b6-5+. The second-order valence-corrected chi connectivity index (χ2v) is 4.51. The van der Waals surface area contributed by atoms with Gasteiger partial charge >= 0.3 is 12.1 Å². The molecule has 1 rings (SSSR count). The van der Waals surface area contributed by atoms with Crippen LogP contribution in [0.5, 0.6) is 0 Å². The normalized spacial score (nSPS) is 16.6. The van der Waals surface area contributed by atoms with Crippen LogP contribution in [0.25, 0.3) is 0 Å². The molecule has 0 atom stereocenters. The van der Waals surface area contributed by atoms with Crippen LogP contribution in [-0.2, 0) is 14.3 Å². The van der Waals surface area contributed by atoms with E-state index in [1.54, 1.807) is 13.0 Å². The van der Waals surface area contributed by atoms with E-state index in [0.29, 0.717) is 19.7 Å². The van der Waals surface area contributed by atoms with Crippen LogP contribution in [0.1, 0.15) is 20.8 Å². The lowest BCUT2D eigenvalue weighted by Gasteiger charge is -2.37. The molecule has 18 heavy (non-hydrogen) atoms. The fourth-order valence-corrected chi connectivity index (χ4v) is 1.46. The Labute approximate surface area is 106 Å². The van der Waals surface area contributed by atoms with E-state index >= 15 is 0 Å². The highest BCUT2D eigenvalue weighted by Gasteiger charge is 2.33. The topological polar surface area (TPSA) is 55.8 Å². The summed E-state index contributed by atoms with van der Waals surface area (Å²) in [6, 6.07) is 0. The molecule has 6 heteroatoms. The summed E-state index contributed by atoms with van der Waals surface area (Å²) in [4.78, 5) is 23.8. The van der Waals surface area contributed by atoms with Crippen molar-refractivity contribution >= 4 is 12.1 Å². The summed E-state index contributed by atoms with van der Waals surface area (Å²) in [6.45, 7) is 5.24. The minimum atomic E-state index is -1.97. The van der Waals surface area contributed by atoms with Crippen LogP contribution in [0.2, 0.25) is 0 Å². The number of ether oxygens (including phenoxy) is 2. The third kappa shape index (κ3) is 4.73. The fourth-order valence-electron chi connectivity index (χ4n) is 1.46. The number of carbonyl (C=O) groups excluding carboxylic acids is 2. The van der Waals surface area contributed by atoms with E-state index in [9.17, 15) is 14.0 Å². The molecule has 1 fully saturated rings. The van der Waals surface area contributed by atoms with Crippen LogP contribution in [-0.4, -0.2) is 42.5 Å². The van der Waals surface area contributed by atoms with Gasteiger partial charge in [-0.05, 0) is 6.92 Å². The van der Waals surface area contributed by atoms with Crippen LogP contribution < -0.4 is 0 Å². The van der Waals surface area contributed by atoms with Crippen molar-refractivity contribution in [2.24, 2.45) is 5.92 Å². The number of likely N-dealkylation sites (tertiary alicyclic amines) is 1. The van der Waals surface area contributed by atoms with Gasteiger partial charge in [0, 0.05) is 38.9 Å². The second-order valence-electron chi connectivity index (χ2n) is 4.51. The molecule has 102 valence electrons. The van der Waals surface area contributed by atoms with Crippen molar-refractivity contribution in [1.82, 2.24) is 4.90 Å². The number of hydrogen-bond acceptors (Lipinski definition) is 4. The monoisotopic (exact) mass is 259 g/mol. The predicted molar refractivity (Wildman–Crippen MR) is 62.5 cm³/mol. The summed E-state index contributed by atoms with van der Waals surface area (Å²) in [5.41, 5.74) is 0. The molecular formula is C12H18FNO4. The summed E-state index contributed by atoms with van der Waals surface area (Å²) in [7, 11) is 0. The molecule has 1 aliphatic rings. The molecule has 0 saturated carbocycles. The molecule has 0 radical (unpaired) electrons. The Morgan fingerprint density at radius 1 is 1.44 bits per heavy atom. The van der Waals surface area contributed by atoms with E-state index in [2.05, 4.69) is 4.74 Å². The van der Waals surface area contributed by atoms with E-state index in [1.807, 2.05) is 0 Å². The molecule has 0 N–H and O–H groups in total. The summed E-state index contributed by atoms with van der Waals surface area (Å²) < 4.78 is 22.3. The van der Waals surface area contributed by atoms with Gasteiger partial charge in [0.15, 0.2) is 0 Å². The summed E-state index contributed by atoms with van der Waals surface area (Å²) in [6.07, 6.45) is 2.35. The lowest BCUT2D eigenvalue weighted by atomic mass is 10.0. The number of halogens is 1. The Balaban J connectivity index is 2.28. The third-order valence-corrected chi connectivity index (χ3v) is 2.29. The number of rotatable bonds is 4. The first-order valence-electron chi connectivity index (χ1n) is 5.83. The minimum absolute atomic E-state index is 0.0877. The summed E-state index contributed by atoms with van der Waals surface area (Å²) >= 11 is 0. The van der Waals surface area contributed by atoms with Crippen molar-refractivity contribution in [1.29, 1.82) is 0 Å². The lowest BCUT2D eigenvalue weighted by Crippen LogP contribution is -2.50. The summed E-state index contributed by atoms with van der Waals surface area (Å²) in [5, 5.41) is 0. The third-order valence-electron chi connectivity index (χ3n) is 2.29. The Morgan fingerprint density at radius 3 is 2.56 bits per heavy atom.